The van der Waals surface area contributed by atoms with Gasteiger partial charge in [0.15, 0.2) is 0 Å². The SMILES string of the molecule is CC1(C)CC(=N)SC1(C)C. The molecule has 1 aliphatic rings. The summed E-state index contributed by atoms with van der Waals surface area (Å²) in [7, 11) is 0. The molecule has 2 heteroatoms. The molecule has 1 fully saturated rings. The van der Waals surface area contributed by atoms with Crippen LogP contribution in [-0.4, -0.2) is 9.79 Å². The van der Waals surface area contributed by atoms with Crippen LogP contribution in [0.25, 0.3) is 0 Å². The molecule has 0 aromatic heterocycles. The first-order valence-corrected chi connectivity index (χ1v) is 4.43. The van der Waals surface area contributed by atoms with Gasteiger partial charge in [0.2, 0.25) is 0 Å². The van der Waals surface area contributed by atoms with E-state index in [1.807, 2.05) is 0 Å². The molecule has 0 amide bonds. The molecule has 0 radical (unpaired) electrons. The lowest BCUT2D eigenvalue weighted by molar-refractivity contribution is 0.308. The van der Waals surface area contributed by atoms with Crippen molar-refractivity contribution in [1.29, 1.82) is 5.41 Å². The highest BCUT2D eigenvalue weighted by atomic mass is 32.2. The molecule has 10 heavy (non-hydrogen) atoms. The third-order valence-electron chi connectivity index (χ3n) is 2.61. The van der Waals surface area contributed by atoms with Gasteiger partial charge in [0.1, 0.15) is 0 Å². The van der Waals surface area contributed by atoms with E-state index < -0.39 is 0 Å². The van der Waals surface area contributed by atoms with E-state index in [2.05, 4.69) is 27.7 Å². The zero-order valence-corrected chi connectivity index (χ0v) is 7.93. The molecular formula is C8H15NS. The van der Waals surface area contributed by atoms with Crippen molar-refractivity contribution in [3.05, 3.63) is 0 Å². The van der Waals surface area contributed by atoms with Crippen molar-refractivity contribution in [2.24, 2.45) is 5.41 Å². The number of rotatable bonds is 0. The van der Waals surface area contributed by atoms with Crippen molar-refractivity contribution in [3.63, 3.8) is 0 Å². The van der Waals surface area contributed by atoms with Gasteiger partial charge >= 0.3 is 0 Å². The van der Waals surface area contributed by atoms with Gasteiger partial charge in [-0.3, -0.25) is 5.41 Å². The summed E-state index contributed by atoms with van der Waals surface area (Å²) in [5.41, 5.74) is 0.300. The summed E-state index contributed by atoms with van der Waals surface area (Å²) in [6.07, 6.45) is 0.949. The first kappa shape index (κ1) is 8.12. The molecule has 0 aromatic rings. The van der Waals surface area contributed by atoms with E-state index >= 15 is 0 Å². The van der Waals surface area contributed by atoms with Crippen LogP contribution in [-0.2, 0) is 0 Å². The van der Waals surface area contributed by atoms with E-state index in [1.54, 1.807) is 11.8 Å². The normalized spacial score (nSPS) is 29.0. The summed E-state index contributed by atoms with van der Waals surface area (Å²) < 4.78 is 0.254. The maximum atomic E-state index is 7.52. The van der Waals surface area contributed by atoms with Gasteiger partial charge in [0.25, 0.3) is 0 Å². The highest BCUT2D eigenvalue weighted by Gasteiger charge is 2.44. The van der Waals surface area contributed by atoms with Crippen molar-refractivity contribution >= 4 is 16.8 Å². The number of nitrogens with one attached hydrogen (secondary N) is 1. The molecule has 1 N–H and O–H groups in total. The second kappa shape index (κ2) is 2.00. The van der Waals surface area contributed by atoms with Crippen LogP contribution in [0.1, 0.15) is 34.1 Å². The Morgan fingerprint density at radius 2 is 1.80 bits per heavy atom. The van der Waals surface area contributed by atoms with E-state index in [1.165, 1.54) is 0 Å². The average molecular weight is 157 g/mol. The highest BCUT2D eigenvalue weighted by molar-refractivity contribution is 8.15. The van der Waals surface area contributed by atoms with Gasteiger partial charge in [-0.25, -0.2) is 0 Å². The summed E-state index contributed by atoms with van der Waals surface area (Å²) in [6, 6.07) is 0. The summed E-state index contributed by atoms with van der Waals surface area (Å²) in [5, 5.41) is 8.37. The first-order valence-electron chi connectivity index (χ1n) is 3.62. The van der Waals surface area contributed by atoms with Crippen LogP contribution in [0.3, 0.4) is 0 Å². The molecule has 1 aliphatic heterocycles. The zero-order valence-electron chi connectivity index (χ0n) is 7.12. The standard InChI is InChI=1S/C8H15NS/c1-7(2)5-6(9)10-8(7,3)4/h9H,5H2,1-4H3. The van der Waals surface area contributed by atoms with Crippen LogP contribution >= 0.6 is 11.8 Å². The van der Waals surface area contributed by atoms with Crippen LogP contribution < -0.4 is 0 Å². The Morgan fingerprint density at radius 1 is 1.30 bits per heavy atom. The van der Waals surface area contributed by atoms with Crippen LogP contribution in [0.15, 0.2) is 0 Å². The number of thioether (sulfide) groups is 1. The summed E-state index contributed by atoms with van der Waals surface area (Å²) in [6.45, 7) is 8.92. The van der Waals surface area contributed by atoms with Gasteiger partial charge in [0.05, 0.1) is 5.04 Å². The van der Waals surface area contributed by atoms with Crippen LogP contribution in [0, 0.1) is 10.8 Å². The van der Waals surface area contributed by atoms with E-state index in [4.69, 9.17) is 5.41 Å². The maximum absolute atomic E-state index is 7.52. The van der Waals surface area contributed by atoms with Crippen LogP contribution in [0.5, 0.6) is 0 Å². The lowest BCUT2D eigenvalue weighted by Gasteiger charge is -2.32. The number of hydrogen-bond donors (Lipinski definition) is 1. The van der Waals surface area contributed by atoms with E-state index in [9.17, 15) is 0 Å². The number of hydrogen-bond acceptors (Lipinski definition) is 2. The van der Waals surface area contributed by atoms with E-state index in [0.717, 1.165) is 11.5 Å². The zero-order chi connectivity index (χ0) is 7.99. The molecule has 0 aromatic carbocycles. The van der Waals surface area contributed by atoms with Crippen molar-refractivity contribution in [2.45, 2.75) is 38.9 Å². The quantitative estimate of drug-likeness (QED) is 0.574. The van der Waals surface area contributed by atoms with Crippen molar-refractivity contribution in [2.75, 3.05) is 0 Å². The van der Waals surface area contributed by atoms with Crippen molar-refractivity contribution < 1.29 is 0 Å². The lowest BCUT2D eigenvalue weighted by atomic mass is 9.78. The highest BCUT2D eigenvalue weighted by Crippen LogP contribution is 2.51. The Hall–Kier alpha value is 0.0200. The van der Waals surface area contributed by atoms with Crippen LogP contribution in [0.2, 0.25) is 0 Å². The second-order valence-electron chi connectivity index (χ2n) is 4.10. The van der Waals surface area contributed by atoms with Gasteiger partial charge < -0.3 is 0 Å². The predicted octanol–water partition coefficient (Wildman–Crippen LogP) is 2.91. The molecule has 0 unspecified atom stereocenters. The molecule has 0 saturated carbocycles. The predicted molar refractivity (Wildman–Crippen MR) is 47.8 cm³/mol. The Morgan fingerprint density at radius 3 is 1.90 bits per heavy atom. The molecule has 0 spiro atoms. The lowest BCUT2D eigenvalue weighted by Crippen LogP contribution is -2.30. The smallest absolute Gasteiger partial charge is 0.0652 e. The largest absolute Gasteiger partial charge is 0.298 e. The van der Waals surface area contributed by atoms with E-state index in [0.29, 0.717) is 5.41 Å². The fourth-order valence-electron chi connectivity index (χ4n) is 1.10. The van der Waals surface area contributed by atoms with Gasteiger partial charge in [-0.2, -0.15) is 0 Å². The molecule has 1 rings (SSSR count). The second-order valence-corrected chi connectivity index (χ2v) is 5.81. The fourth-order valence-corrected chi connectivity index (χ4v) is 2.49. The van der Waals surface area contributed by atoms with Crippen molar-refractivity contribution in [3.8, 4) is 0 Å². The monoisotopic (exact) mass is 157 g/mol. The average Bonchev–Trinajstić information content (AvgIpc) is 1.73. The molecule has 1 heterocycles. The van der Waals surface area contributed by atoms with Crippen molar-refractivity contribution in [1.82, 2.24) is 0 Å². The molecule has 1 saturated heterocycles. The van der Waals surface area contributed by atoms with Gasteiger partial charge in [-0.15, -0.1) is 11.8 Å². The summed E-state index contributed by atoms with van der Waals surface area (Å²) in [5.74, 6) is 0. The summed E-state index contributed by atoms with van der Waals surface area (Å²) in [4.78, 5) is 0. The summed E-state index contributed by atoms with van der Waals surface area (Å²) >= 11 is 1.71. The Balaban J connectivity index is 2.88. The molecule has 0 bridgehead atoms. The molecule has 0 atom stereocenters. The Kier molecular flexibility index (Phi) is 1.63. The Labute approximate surface area is 67.1 Å². The Bertz CT molecular complexity index is 152. The maximum Gasteiger partial charge on any atom is 0.0652 e. The third-order valence-corrected chi connectivity index (χ3v) is 4.06. The minimum Gasteiger partial charge on any atom is -0.298 e. The minimum absolute atomic E-state index is 0.254. The molecule has 1 nitrogen and oxygen atoms in total. The van der Waals surface area contributed by atoms with E-state index in [-0.39, 0.29) is 4.75 Å². The minimum atomic E-state index is 0.254. The third kappa shape index (κ3) is 1.09. The van der Waals surface area contributed by atoms with Gasteiger partial charge in [0, 0.05) is 11.2 Å². The van der Waals surface area contributed by atoms with Gasteiger partial charge in [-0.1, -0.05) is 13.8 Å². The molecule has 58 valence electrons. The van der Waals surface area contributed by atoms with Gasteiger partial charge in [-0.05, 0) is 19.3 Å². The topological polar surface area (TPSA) is 23.9 Å². The van der Waals surface area contributed by atoms with Crippen LogP contribution in [0.4, 0.5) is 0 Å². The fraction of sp³-hybridized carbons (Fsp3) is 0.875. The molecular weight excluding hydrogens is 142 g/mol. The first-order chi connectivity index (χ1) is 4.35. The molecule has 0 aliphatic carbocycles.